The largest absolute Gasteiger partial charge is 0.367 e. The summed E-state index contributed by atoms with van der Waals surface area (Å²) in [6, 6.07) is 9.08. The van der Waals surface area contributed by atoms with E-state index in [1.165, 1.54) is 10.9 Å². The Kier molecular flexibility index (Phi) is 5.60. The van der Waals surface area contributed by atoms with Crippen molar-refractivity contribution in [1.29, 1.82) is 5.26 Å². The SMILES string of the molecule is N#Cc1c(NC(=O)CN2CCN(c3ccccc3F)CC2)sc2c1CCCC2. The number of fused-ring (bicyclic) bond motifs is 1. The third kappa shape index (κ3) is 3.89. The quantitative estimate of drug-likeness (QED) is 0.858. The summed E-state index contributed by atoms with van der Waals surface area (Å²) in [5.74, 6) is -0.297. The van der Waals surface area contributed by atoms with E-state index >= 15 is 0 Å². The molecule has 0 unspecified atom stereocenters. The number of nitriles is 1. The van der Waals surface area contributed by atoms with Crippen molar-refractivity contribution < 1.29 is 9.18 Å². The summed E-state index contributed by atoms with van der Waals surface area (Å²) in [7, 11) is 0. The molecule has 146 valence electrons. The summed E-state index contributed by atoms with van der Waals surface area (Å²) in [6.07, 6.45) is 4.20. The smallest absolute Gasteiger partial charge is 0.239 e. The Morgan fingerprint density at radius 1 is 1.18 bits per heavy atom. The molecule has 0 radical (unpaired) electrons. The summed E-state index contributed by atoms with van der Waals surface area (Å²) in [6.45, 7) is 3.07. The molecule has 28 heavy (non-hydrogen) atoms. The highest BCUT2D eigenvalue weighted by atomic mass is 32.1. The maximum atomic E-state index is 13.9. The molecule has 4 rings (SSSR count). The van der Waals surface area contributed by atoms with Crippen LogP contribution in [-0.2, 0) is 17.6 Å². The summed E-state index contributed by atoms with van der Waals surface area (Å²) in [5, 5.41) is 13.2. The van der Waals surface area contributed by atoms with Crippen molar-refractivity contribution in [2.24, 2.45) is 0 Å². The van der Waals surface area contributed by atoms with Crippen LogP contribution in [0.25, 0.3) is 0 Å². The van der Waals surface area contributed by atoms with Gasteiger partial charge in [-0.15, -0.1) is 11.3 Å². The second-order valence-electron chi connectivity index (χ2n) is 7.29. The lowest BCUT2D eigenvalue weighted by Crippen LogP contribution is -2.48. The van der Waals surface area contributed by atoms with Crippen LogP contribution in [0.1, 0.15) is 28.8 Å². The van der Waals surface area contributed by atoms with Gasteiger partial charge in [0, 0.05) is 31.1 Å². The minimum atomic E-state index is -0.209. The number of hydrogen-bond acceptors (Lipinski definition) is 5. The Morgan fingerprint density at radius 3 is 2.68 bits per heavy atom. The number of carbonyl (C=O) groups is 1. The molecule has 0 spiro atoms. The molecule has 0 atom stereocenters. The molecule has 7 heteroatoms. The number of nitrogens with zero attached hydrogens (tertiary/aromatic N) is 3. The van der Waals surface area contributed by atoms with Crippen LogP contribution >= 0.6 is 11.3 Å². The fraction of sp³-hybridized carbons (Fsp3) is 0.429. The van der Waals surface area contributed by atoms with Crippen molar-refractivity contribution in [3.8, 4) is 6.07 Å². The van der Waals surface area contributed by atoms with Crippen molar-refractivity contribution in [1.82, 2.24) is 4.90 Å². The molecule has 1 aromatic heterocycles. The van der Waals surface area contributed by atoms with Crippen LogP contribution in [-0.4, -0.2) is 43.5 Å². The molecule has 2 aromatic rings. The van der Waals surface area contributed by atoms with Crippen molar-refractivity contribution in [2.75, 3.05) is 42.9 Å². The number of piperazine rings is 1. The Balaban J connectivity index is 1.34. The number of aryl methyl sites for hydroxylation is 1. The van der Waals surface area contributed by atoms with Crippen molar-refractivity contribution in [3.63, 3.8) is 0 Å². The van der Waals surface area contributed by atoms with E-state index in [0.29, 0.717) is 49.0 Å². The van der Waals surface area contributed by atoms with Gasteiger partial charge in [-0.2, -0.15) is 5.26 Å². The summed E-state index contributed by atoms with van der Waals surface area (Å²) in [5.41, 5.74) is 2.40. The van der Waals surface area contributed by atoms with E-state index < -0.39 is 0 Å². The van der Waals surface area contributed by atoms with Gasteiger partial charge in [-0.05, 0) is 43.4 Å². The Bertz CT molecular complexity index is 912. The third-order valence-electron chi connectivity index (χ3n) is 5.47. The number of hydrogen-bond donors (Lipinski definition) is 1. The van der Waals surface area contributed by atoms with Gasteiger partial charge in [0.25, 0.3) is 0 Å². The molecule has 1 aliphatic heterocycles. The maximum absolute atomic E-state index is 13.9. The highest BCUT2D eigenvalue weighted by Crippen LogP contribution is 2.37. The first-order valence-corrected chi connectivity index (χ1v) is 10.5. The fourth-order valence-corrected chi connectivity index (χ4v) is 5.25. The molecule has 1 N–H and O–H groups in total. The van der Waals surface area contributed by atoms with Crippen molar-refractivity contribution in [3.05, 3.63) is 46.1 Å². The van der Waals surface area contributed by atoms with E-state index in [-0.39, 0.29) is 11.7 Å². The van der Waals surface area contributed by atoms with Gasteiger partial charge < -0.3 is 10.2 Å². The van der Waals surface area contributed by atoms with Gasteiger partial charge in [-0.3, -0.25) is 9.69 Å². The second-order valence-corrected chi connectivity index (χ2v) is 8.39. The Hall–Kier alpha value is -2.43. The number of amides is 1. The van der Waals surface area contributed by atoms with E-state index in [2.05, 4.69) is 16.3 Å². The first-order valence-electron chi connectivity index (χ1n) is 9.72. The summed E-state index contributed by atoms with van der Waals surface area (Å²) >= 11 is 1.55. The van der Waals surface area contributed by atoms with Crippen LogP contribution in [0.5, 0.6) is 0 Å². The van der Waals surface area contributed by atoms with Crippen LogP contribution in [0.2, 0.25) is 0 Å². The van der Waals surface area contributed by atoms with Gasteiger partial charge in [0.15, 0.2) is 0 Å². The Labute approximate surface area is 168 Å². The summed E-state index contributed by atoms with van der Waals surface area (Å²) < 4.78 is 13.9. The highest BCUT2D eigenvalue weighted by Gasteiger charge is 2.24. The first kappa shape index (κ1) is 18.9. The molecular weight excluding hydrogens is 375 g/mol. The van der Waals surface area contributed by atoms with Crippen LogP contribution < -0.4 is 10.2 Å². The van der Waals surface area contributed by atoms with E-state index in [0.717, 1.165) is 31.2 Å². The molecule has 1 amide bonds. The standard InChI is InChI=1S/C21H23FN4OS/c22-17-6-2-3-7-18(17)26-11-9-25(10-12-26)14-20(27)24-21-16(13-23)15-5-1-4-8-19(15)28-21/h2-3,6-7H,1,4-5,8-12,14H2,(H,24,27). The van der Waals surface area contributed by atoms with Crippen LogP contribution in [0.3, 0.4) is 0 Å². The average Bonchev–Trinajstić information content (AvgIpc) is 3.06. The predicted molar refractivity (Wildman–Crippen MR) is 109 cm³/mol. The van der Waals surface area contributed by atoms with Crippen LogP contribution in [0.4, 0.5) is 15.1 Å². The maximum Gasteiger partial charge on any atom is 0.239 e. The lowest BCUT2D eigenvalue weighted by molar-refractivity contribution is -0.117. The zero-order chi connectivity index (χ0) is 19.5. The fourth-order valence-electron chi connectivity index (χ4n) is 4.00. The number of benzene rings is 1. The molecule has 0 saturated carbocycles. The topological polar surface area (TPSA) is 59.4 Å². The lowest BCUT2D eigenvalue weighted by atomic mass is 9.96. The summed E-state index contributed by atoms with van der Waals surface area (Å²) in [4.78, 5) is 17.9. The average molecular weight is 399 g/mol. The minimum absolute atomic E-state index is 0.0885. The molecule has 5 nitrogen and oxygen atoms in total. The van der Waals surface area contributed by atoms with Crippen molar-refractivity contribution >= 4 is 27.9 Å². The third-order valence-corrected chi connectivity index (χ3v) is 6.68. The Morgan fingerprint density at radius 2 is 1.93 bits per heavy atom. The van der Waals surface area contributed by atoms with Gasteiger partial charge in [0.2, 0.25) is 5.91 Å². The van der Waals surface area contributed by atoms with E-state index in [1.54, 1.807) is 23.5 Å². The minimum Gasteiger partial charge on any atom is -0.367 e. The molecule has 1 aliphatic carbocycles. The number of nitrogens with one attached hydrogen (secondary N) is 1. The zero-order valence-electron chi connectivity index (χ0n) is 15.7. The first-order chi connectivity index (χ1) is 13.7. The molecular formula is C21H23FN4OS. The molecule has 1 aromatic carbocycles. The second kappa shape index (κ2) is 8.29. The van der Waals surface area contributed by atoms with Crippen molar-refractivity contribution in [2.45, 2.75) is 25.7 Å². The monoisotopic (exact) mass is 398 g/mol. The van der Waals surface area contributed by atoms with Gasteiger partial charge in [0.1, 0.15) is 16.9 Å². The number of para-hydroxylation sites is 1. The number of thiophene rings is 1. The number of rotatable bonds is 4. The van der Waals surface area contributed by atoms with Crippen LogP contribution in [0.15, 0.2) is 24.3 Å². The van der Waals surface area contributed by atoms with Gasteiger partial charge in [-0.1, -0.05) is 12.1 Å². The predicted octanol–water partition coefficient (Wildman–Crippen LogP) is 3.40. The molecule has 1 saturated heterocycles. The molecule has 2 aliphatic rings. The van der Waals surface area contributed by atoms with E-state index in [1.807, 2.05) is 11.0 Å². The number of carbonyl (C=O) groups excluding carboxylic acids is 1. The van der Waals surface area contributed by atoms with E-state index in [4.69, 9.17) is 0 Å². The highest BCUT2D eigenvalue weighted by molar-refractivity contribution is 7.16. The molecule has 0 bridgehead atoms. The number of anilines is 2. The van der Waals surface area contributed by atoms with Gasteiger partial charge in [0.05, 0.1) is 17.8 Å². The van der Waals surface area contributed by atoms with Crippen LogP contribution in [0, 0.1) is 17.1 Å². The lowest BCUT2D eigenvalue weighted by Gasteiger charge is -2.35. The molecule has 2 heterocycles. The zero-order valence-corrected chi connectivity index (χ0v) is 16.5. The number of halogens is 1. The normalized spacial score (nSPS) is 17.1. The van der Waals surface area contributed by atoms with Gasteiger partial charge in [-0.25, -0.2) is 4.39 Å². The molecule has 1 fully saturated rings. The van der Waals surface area contributed by atoms with Gasteiger partial charge >= 0.3 is 0 Å². The van der Waals surface area contributed by atoms with E-state index in [9.17, 15) is 14.4 Å².